The van der Waals surface area contributed by atoms with Gasteiger partial charge < -0.3 is 14.6 Å². The molecule has 162 valence electrons. The SMILES string of the molecule is O=C(O)c1cc(N2CCN(C3CCC(n4ccc5c(F)cccc54)CC3)CC2)cnn1. The molecule has 1 N–H and O–H groups in total. The molecule has 0 spiro atoms. The van der Waals surface area contributed by atoms with E-state index in [1.54, 1.807) is 18.3 Å². The number of nitrogens with zero attached hydrogens (tertiary/aromatic N) is 5. The normalized spacial score (nSPS) is 22.7. The van der Waals surface area contributed by atoms with Gasteiger partial charge in [-0.25, -0.2) is 9.18 Å². The molecule has 1 aliphatic heterocycles. The number of rotatable bonds is 4. The van der Waals surface area contributed by atoms with Crippen LogP contribution in [-0.4, -0.2) is 63.0 Å². The minimum atomic E-state index is -1.05. The Morgan fingerprint density at radius 1 is 1.03 bits per heavy atom. The minimum absolute atomic E-state index is 0.0179. The number of halogens is 1. The topological polar surface area (TPSA) is 74.5 Å². The van der Waals surface area contributed by atoms with E-state index in [1.165, 1.54) is 6.07 Å². The van der Waals surface area contributed by atoms with Gasteiger partial charge in [0, 0.05) is 49.8 Å². The van der Waals surface area contributed by atoms with Crippen LogP contribution in [-0.2, 0) is 0 Å². The number of piperazine rings is 1. The van der Waals surface area contributed by atoms with Crippen molar-refractivity contribution < 1.29 is 14.3 Å². The number of carboxylic acids is 1. The number of carboxylic acid groups (broad SMARTS) is 1. The second-order valence-corrected chi connectivity index (χ2v) is 8.49. The van der Waals surface area contributed by atoms with Crippen LogP contribution in [0.15, 0.2) is 42.7 Å². The molecule has 0 atom stereocenters. The minimum Gasteiger partial charge on any atom is -0.476 e. The number of aromatic nitrogens is 3. The molecule has 3 heterocycles. The van der Waals surface area contributed by atoms with Crippen molar-refractivity contribution >= 4 is 22.6 Å². The van der Waals surface area contributed by atoms with Crippen LogP contribution >= 0.6 is 0 Å². The van der Waals surface area contributed by atoms with Crippen molar-refractivity contribution in [2.75, 3.05) is 31.1 Å². The molecule has 3 aromatic rings. The Bertz CT molecular complexity index is 1080. The average Bonchev–Trinajstić information content (AvgIpc) is 3.25. The number of aromatic carboxylic acids is 1. The highest BCUT2D eigenvalue weighted by Gasteiger charge is 2.29. The van der Waals surface area contributed by atoms with E-state index >= 15 is 0 Å². The third kappa shape index (κ3) is 3.87. The van der Waals surface area contributed by atoms with Crippen molar-refractivity contribution in [3.05, 3.63) is 54.2 Å². The first-order valence-corrected chi connectivity index (χ1v) is 10.9. The molecule has 0 unspecified atom stereocenters. The van der Waals surface area contributed by atoms with E-state index in [-0.39, 0.29) is 11.5 Å². The van der Waals surface area contributed by atoms with Crippen LogP contribution < -0.4 is 4.90 Å². The van der Waals surface area contributed by atoms with Gasteiger partial charge >= 0.3 is 5.97 Å². The Labute approximate surface area is 180 Å². The maximum Gasteiger partial charge on any atom is 0.356 e. The van der Waals surface area contributed by atoms with Crippen molar-refractivity contribution in [3.8, 4) is 0 Å². The average molecular weight is 423 g/mol. The van der Waals surface area contributed by atoms with E-state index < -0.39 is 5.97 Å². The van der Waals surface area contributed by atoms with Crippen LogP contribution in [0, 0.1) is 5.82 Å². The van der Waals surface area contributed by atoms with Crippen molar-refractivity contribution in [2.45, 2.75) is 37.8 Å². The molecule has 5 rings (SSSR count). The fraction of sp³-hybridized carbons (Fsp3) is 0.435. The van der Waals surface area contributed by atoms with Gasteiger partial charge in [-0.1, -0.05) is 6.07 Å². The quantitative estimate of drug-likeness (QED) is 0.692. The zero-order valence-corrected chi connectivity index (χ0v) is 17.3. The van der Waals surface area contributed by atoms with Crippen molar-refractivity contribution in [1.82, 2.24) is 19.7 Å². The summed E-state index contributed by atoms with van der Waals surface area (Å²) in [5.74, 6) is -1.20. The summed E-state index contributed by atoms with van der Waals surface area (Å²) in [6.45, 7) is 3.62. The number of fused-ring (bicyclic) bond motifs is 1. The van der Waals surface area contributed by atoms with Gasteiger partial charge in [-0.05, 0) is 49.9 Å². The second kappa shape index (κ2) is 8.26. The van der Waals surface area contributed by atoms with Gasteiger partial charge in [-0.2, -0.15) is 5.10 Å². The van der Waals surface area contributed by atoms with E-state index in [1.807, 2.05) is 18.3 Å². The van der Waals surface area contributed by atoms with Gasteiger partial charge in [-0.3, -0.25) is 4.90 Å². The molecule has 1 aromatic carbocycles. The predicted octanol–water partition coefficient (Wildman–Crippen LogP) is 3.57. The van der Waals surface area contributed by atoms with Crippen LogP contribution in [0.5, 0.6) is 0 Å². The maximum absolute atomic E-state index is 14.0. The molecule has 8 heteroatoms. The van der Waals surface area contributed by atoms with E-state index in [0.717, 1.165) is 63.1 Å². The highest BCUT2D eigenvalue weighted by atomic mass is 19.1. The Balaban J connectivity index is 1.18. The smallest absolute Gasteiger partial charge is 0.356 e. The monoisotopic (exact) mass is 423 g/mol. The summed E-state index contributed by atoms with van der Waals surface area (Å²) in [6, 6.07) is 9.80. The third-order valence-electron chi connectivity index (χ3n) is 6.82. The third-order valence-corrected chi connectivity index (χ3v) is 6.82. The first-order valence-electron chi connectivity index (χ1n) is 10.9. The molecule has 0 radical (unpaired) electrons. The largest absolute Gasteiger partial charge is 0.476 e. The van der Waals surface area contributed by atoms with Gasteiger partial charge in [0.25, 0.3) is 0 Å². The summed E-state index contributed by atoms with van der Waals surface area (Å²) in [6.07, 6.45) is 8.14. The van der Waals surface area contributed by atoms with E-state index in [2.05, 4.69) is 24.6 Å². The fourth-order valence-corrected chi connectivity index (χ4v) is 5.15. The van der Waals surface area contributed by atoms with Crippen molar-refractivity contribution in [2.24, 2.45) is 0 Å². The van der Waals surface area contributed by atoms with Gasteiger partial charge in [0.15, 0.2) is 5.69 Å². The fourth-order valence-electron chi connectivity index (χ4n) is 5.15. The summed E-state index contributed by atoms with van der Waals surface area (Å²) in [4.78, 5) is 15.9. The standard InChI is InChI=1S/C23H26FN5O2/c24-20-2-1-3-22-19(20)8-9-29(22)17-6-4-16(5-7-17)27-10-12-28(13-11-27)18-14-21(23(30)31)26-25-15-18/h1-3,8-9,14-17H,4-7,10-13H2,(H,30,31). The van der Waals surface area contributed by atoms with Crippen LogP contribution in [0.1, 0.15) is 42.2 Å². The molecule has 2 aliphatic rings. The first-order chi connectivity index (χ1) is 15.1. The summed E-state index contributed by atoms with van der Waals surface area (Å²) in [5, 5.41) is 17.3. The summed E-state index contributed by atoms with van der Waals surface area (Å²) in [7, 11) is 0. The lowest BCUT2D eigenvalue weighted by Gasteiger charge is -2.42. The van der Waals surface area contributed by atoms with Gasteiger partial charge in [-0.15, -0.1) is 5.10 Å². The van der Waals surface area contributed by atoms with Crippen LogP contribution in [0.3, 0.4) is 0 Å². The Morgan fingerprint density at radius 3 is 2.52 bits per heavy atom. The molecule has 2 aromatic heterocycles. The summed E-state index contributed by atoms with van der Waals surface area (Å²) in [5.41, 5.74) is 1.79. The molecular weight excluding hydrogens is 397 g/mol. The van der Waals surface area contributed by atoms with Gasteiger partial charge in [0.1, 0.15) is 5.82 Å². The van der Waals surface area contributed by atoms with Gasteiger partial charge in [0.2, 0.25) is 0 Å². The summed E-state index contributed by atoms with van der Waals surface area (Å²) >= 11 is 0. The van der Waals surface area contributed by atoms with E-state index in [0.29, 0.717) is 17.5 Å². The molecule has 31 heavy (non-hydrogen) atoms. The second-order valence-electron chi connectivity index (χ2n) is 8.49. The molecule has 2 fully saturated rings. The highest BCUT2D eigenvalue weighted by Crippen LogP contribution is 2.34. The van der Waals surface area contributed by atoms with E-state index in [4.69, 9.17) is 5.11 Å². The van der Waals surface area contributed by atoms with Crippen molar-refractivity contribution in [3.63, 3.8) is 0 Å². The number of anilines is 1. The zero-order chi connectivity index (χ0) is 21.4. The lowest BCUT2D eigenvalue weighted by Crippen LogP contribution is -2.51. The number of hydrogen-bond acceptors (Lipinski definition) is 5. The van der Waals surface area contributed by atoms with Crippen molar-refractivity contribution in [1.29, 1.82) is 0 Å². The van der Waals surface area contributed by atoms with Crippen LogP contribution in [0.25, 0.3) is 10.9 Å². The Morgan fingerprint density at radius 2 is 1.77 bits per heavy atom. The predicted molar refractivity (Wildman–Crippen MR) is 116 cm³/mol. The van der Waals surface area contributed by atoms with Crippen LogP contribution in [0.4, 0.5) is 10.1 Å². The van der Waals surface area contributed by atoms with Gasteiger partial charge in [0.05, 0.1) is 17.4 Å². The Kier molecular flexibility index (Phi) is 5.31. The lowest BCUT2D eigenvalue weighted by molar-refractivity contribution is 0.0689. The summed E-state index contributed by atoms with van der Waals surface area (Å²) < 4.78 is 16.3. The molecule has 0 bridgehead atoms. The molecule has 0 amide bonds. The van der Waals surface area contributed by atoms with Crippen LogP contribution in [0.2, 0.25) is 0 Å². The molecule has 1 saturated heterocycles. The zero-order valence-electron chi connectivity index (χ0n) is 17.3. The number of carbonyl (C=O) groups is 1. The molecule has 1 saturated carbocycles. The first kappa shape index (κ1) is 19.9. The molecule has 7 nitrogen and oxygen atoms in total. The number of hydrogen-bond donors (Lipinski definition) is 1. The molecule has 1 aliphatic carbocycles. The lowest BCUT2D eigenvalue weighted by atomic mass is 9.89. The number of benzene rings is 1. The Hall–Kier alpha value is -3.00. The van der Waals surface area contributed by atoms with E-state index in [9.17, 15) is 9.18 Å². The maximum atomic E-state index is 14.0. The highest BCUT2D eigenvalue weighted by molar-refractivity contribution is 5.86. The molecular formula is C23H26FN5O2.